The number of ether oxygens (including phenoxy) is 1. The lowest BCUT2D eigenvalue weighted by molar-refractivity contribution is 0.0993. The minimum atomic E-state index is -0.0563. The van der Waals surface area contributed by atoms with Gasteiger partial charge in [-0.1, -0.05) is 6.42 Å². The molecule has 1 fully saturated rings. The zero-order valence-electron chi connectivity index (χ0n) is 12.7. The molecule has 1 aromatic carbocycles. The van der Waals surface area contributed by atoms with E-state index in [1.807, 2.05) is 29.6 Å². The highest BCUT2D eigenvalue weighted by atomic mass is 32.1. The van der Waals surface area contributed by atoms with E-state index in [2.05, 4.69) is 4.98 Å². The smallest absolute Gasteiger partial charge is 0.259 e. The molecule has 0 N–H and O–H groups in total. The summed E-state index contributed by atoms with van der Waals surface area (Å²) < 4.78 is 5.99. The Balaban J connectivity index is 1.64. The van der Waals surface area contributed by atoms with Crippen molar-refractivity contribution in [1.82, 2.24) is 4.98 Å². The maximum absolute atomic E-state index is 12.4. The van der Waals surface area contributed by atoms with E-state index in [4.69, 9.17) is 4.74 Å². The molecule has 1 aromatic heterocycles. The number of carbonyl (C=O) groups is 1. The van der Waals surface area contributed by atoms with Crippen molar-refractivity contribution in [3.05, 3.63) is 41.4 Å². The van der Waals surface area contributed by atoms with E-state index in [0.29, 0.717) is 16.8 Å². The average molecular weight is 316 g/mol. The third-order valence-electron chi connectivity index (χ3n) is 3.97. The van der Waals surface area contributed by atoms with E-state index in [0.717, 1.165) is 18.6 Å². The molecular formula is C17H20N2O2S. The second-order valence-electron chi connectivity index (χ2n) is 5.58. The van der Waals surface area contributed by atoms with Crippen LogP contribution in [0.1, 0.15) is 42.5 Å². The van der Waals surface area contributed by atoms with E-state index in [9.17, 15) is 4.79 Å². The zero-order valence-corrected chi connectivity index (χ0v) is 13.5. The van der Waals surface area contributed by atoms with E-state index >= 15 is 0 Å². The van der Waals surface area contributed by atoms with Crippen LogP contribution in [-0.4, -0.2) is 24.0 Å². The summed E-state index contributed by atoms with van der Waals surface area (Å²) in [6.45, 7) is 0. The number of rotatable bonds is 4. The Morgan fingerprint density at radius 3 is 2.59 bits per heavy atom. The van der Waals surface area contributed by atoms with Gasteiger partial charge in [0, 0.05) is 24.2 Å². The van der Waals surface area contributed by atoms with Gasteiger partial charge in [0.1, 0.15) is 5.75 Å². The summed E-state index contributed by atoms with van der Waals surface area (Å²) in [6, 6.07) is 7.42. The fraction of sp³-hybridized carbons (Fsp3) is 0.412. The van der Waals surface area contributed by atoms with Crippen LogP contribution in [0.5, 0.6) is 5.75 Å². The number of nitrogens with zero attached hydrogens (tertiary/aromatic N) is 2. The molecular weight excluding hydrogens is 296 g/mol. The lowest BCUT2D eigenvalue weighted by Crippen LogP contribution is -2.26. The average Bonchev–Trinajstić information content (AvgIpc) is 3.10. The Kier molecular flexibility index (Phi) is 4.73. The molecule has 1 amide bonds. The first-order chi connectivity index (χ1) is 10.7. The molecule has 0 bridgehead atoms. The van der Waals surface area contributed by atoms with Crippen molar-refractivity contribution in [3.63, 3.8) is 0 Å². The summed E-state index contributed by atoms with van der Waals surface area (Å²) >= 11 is 1.45. The van der Waals surface area contributed by atoms with Crippen molar-refractivity contribution in [2.75, 3.05) is 11.9 Å². The molecule has 1 aliphatic carbocycles. The molecule has 0 atom stereocenters. The number of carbonyl (C=O) groups excluding carboxylic acids is 1. The summed E-state index contributed by atoms with van der Waals surface area (Å²) in [4.78, 5) is 18.1. The van der Waals surface area contributed by atoms with Gasteiger partial charge in [-0.05, 0) is 49.9 Å². The van der Waals surface area contributed by atoms with Crippen LogP contribution in [0.4, 0.5) is 5.13 Å². The molecule has 1 heterocycles. The Hall–Kier alpha value is -1.88. The van der Waals surface area contributed by atoms with Gasteiger partial charge in [-0.25, -0.2) is 4.98 Å². The van der Waals surface area contributed by atoms with Gasteiger partial charge in [-0.3, -0.25) is 9.69 Å². The number of hydrogen-bond donors (Lipinski definition) is 0. The van der Waals surface area contributed by atoms with E-state index in [1.54, 1.807) is 18.1 Å². The second-order valence-corrected chi connectivity index (χ2v) is 6.45. The first-order valence-electron chi connectivity index (χ1n) is 7.68. The van der Waals surface area contributed by atoms with Gasteiger partial charge in [0.2, 0.25) is 0 Å². The summed E-state index contributed by atoms with van der Waals surface area (Å²) in [5, 5.41) is 2.56. The van der Waals surface area contributed by atoms with Crippen LogP contribution in [-0.2, 0) is 0 Å². The predicted molar refractivity (Wildman–Crippen MR) is 88.8 cm³/mol. The van der Waals surface area contributed by atoms with Gasteiger partial charge in [0.05, 0.1) is 6.10 Å². The van der Waals surface area contributed by atoms with Crippen molar-refractivity contribution in [2.45, 2.75) is 38.2 Å². The summed E-state index contributed by atoms with van der Waals surface area (Å²) in [5.41, 5.74) is 0.647. The van der Waals surface area contributed by atoms with Crippen molar-refractivity contribution in [2.24, 2.45) is 0 Å². The molecule has 1 saturated carbocycles. The van der Waals surface area contributed by atoms with Crippen molar-refractivity contribution >= 4 is 22.4 Å². The molecule has 2 aromatic rings. The van der Waals surface area contributed by atoms with E-state index < -0.39 is 0 Å². The minimum absolute atomic E-state index is 0.0563. The minimum Gasteiger partial charge on any atom is -0.490 e. The number of amides is 1. The SMILES string of the molecule is CN(C(=O)c1ccc(OC2CCCCC2)cc1)c1nccs1. The van der Waals surface area contributed by atoms with Gasteiger partial charge in [0.15, 0.2) is 5.13 Å². The first kappa shape index (κ1) is 15.0. The zero-order chi connectivity index (χ0) is 15.4. The van der Waals surface area contributed by atoms with Crippen LogP contribution in [0.25, 0.3) is 0 Å². The summed E-state index contributed by atoms with van der Waals surface area (Å²) in [5.74, 6) is 0.791. The van der Waals surface area contributed by atoms with Crippen molar-refractivity contribution in [3.8, 4) is 5.75 Å². The van der Waals surface area contributed by atoms with Crippen LogP contribution >= 0.6 is 11.3 Å². The number of hydrogen-bond acceptors (Lipinski definition) is 4. The highest BCUT2D eigenvalue weighted by Gasteiger charge is 2.17. The first-order valence-corrected chi connectivity index (χ1v) is 8.56. The highest BCUT2D eigenvalue weighted by Crippen LogP contribution is 2.24. The molecule has 1 aliphatic rings. The molecule has 0 saturated heterocycles. The fourth-order valence-electron chi connectivity index (χ4n) is 2.71. The standard InChI is InChI=1S/C17H20N2O2S/c1-19(17-18-11-12-22-17)16(20)13-7-9-15(10-8-13)21-14-5-3-2-4-6-14/h7-12,14H,2-6H2,1H3. The van der Waals surface area contributed by atoms with Crippen LogP contribution in [0.15, 0.2) is 35.8 Å². The maximum atomic E-state index is 12.4. The van der Waals surface area contributed by atoms with E-state index in [-0.39, 0.29) is 5.91 Å². The van der Waals surface area contributed by atoms with Crippen molar-refractivity contribution in [1.29, 1.82) is 0 Å². The van der Waals surface area contributed by atoms with E-state index in [1.165, 1.54) is 30.6 Å². The summed E-state index contributed by atoms with van der Waals surface area (Å²) in [7, 11) is 1.74. The number of anilines is 1. The fourth-order valence-corrected chi connectivity index (χ4v) is 3.32. The quantitative estimate of drug-likeness (QED) is 0.851. The van der Waals surface area contributed by atoms with Crippen LogP contribution in [0.2, 0.25) is 0 Å². The van der Waals surface area contributed by atoms with Gasteiger partial charge < -0.3 is 4.74 Å². The normalized spacial score (nSPS) is 15.5. The van der Waals surface area contributed by atoms with Gasteiger partial charge in [-0.15, -0.1) is 11.3 Å². The molecule has 5 heteroatoms. The topological polar surface area (TPSA) is 42.4 Å². The molecule has 0 aliphatic heterocycles. The molecule has 4 nitrogen and oxygen atoms in total. The predicted octanol–water partition coefficient (Wildman–Crippen LogP) is 4.13. The molecule has 0 radical (unpaired) electrons. The summed E-state index contributed by atoms with van der Waals surface area (Å²) in [6.07, 6.45) is 8.11. The molecule has 0 spiro atoms. The molecule has 116 valence electrons. The number of thiazole rings is 1. The Morgan fingerprint density at radius 1 is 1.23 bits per heavy atom. The van der Waals surface area contributed by atoms with Crippen LogP contribution < -0.4 is 9.64 Å². The molecule has 0 unspecified atom stereocenters. The molecule has 22 heavy (non-hydrogen) atoms. The lowest BCUT2D eigenvalue weighted by Gasteiger charge is -2.23. The van der Waals surface area contributed by atoms with Gasteiger partial charge in [0.25, 0.3) is 5.91 Å². The largest absolute Gasteiger partial charge is 0.490 e. The third kappa shape index (κ3) is 3.47. The lowest BCUT2D eigenvalue weighted by atomic mass is 9.98. The third-order valence-corrected chi connectivity index (χ3v) is 4.81. The Morgan fingerprint density at radius 2 is 1.95 bits per heavy atom. The molecule has 3 rings (SSSR count). The number of aromatic nitrogens is 1. The second kappa shape index (κ2) is 6.92. The van der Waals surface area contributed by atoms with Crippen LogP contribution in [0.3, 0.4) is 0 Å². The Bertz CT molecular complexity index is 604. The monoisotopic (exact) mass is 316 g/mol. The number of benzene rings is 1. The highest BCUT2D eigenvalue weighted by molar-refractivity contribution is 7.13. The van der Waals surface area contributed by atoms with Crippen molar-refractivity contribution < 1.29 is 9.53 Å². The van der Waals surface area contributed by atoms with Gasteiger partial charge >= 0.3 is 0 Å². The maximum Gasteiger partial charge on any atom is 0.259 e. The Labute approximate surface area is 134 Å². The van der Waals surface area contributed by atoms with Crippen LogP contribution in [0, 0.1) is 0 Å². The van der Waals surface area contributed by atoms with Gasteiger partial charge in [-0.2, -0.15) is 0 Å².